The SMILES string of the molecule is NC(=O)NC1O[C@H](CO)[C@@H](O)[C@@H]1O. The molecule has 0 aromatic rings. The number of urea groups is 1. The van der Waals surface area contributed by atoms with Gasteiger partial charge < -0.3 is 31.1 Å². The van der Waals surface area contributed by atoms with E-state index in [1.807, 2.05) is 0 Å². The van der Waals surface area contributed by atoms with E-state index in [1.54, 1.807) is 0 Å². The van der Waals surface area contributed by atoms with Crippen LogP contribution < -0.4 is 11.1 Å². The first kappa shape index (κ1) is 10.2. The average Bonchev–Trinajstić information content (AvgIpc) is 2.32. The third-order valence-corrected chi connectivity index (χ3v) is 1.83. The first-order valence-electron chi connectivity index (χ1n) is 3.74. The summed E-state index contributed by atoms with van der Waals surface area (Å²) < 4.78 is 4.88. The van der Waals surface area contributed by atoms with Crippen molar-refractivity contribution in [2.45, 2.75) is 24.5 Å². The van der Waals surface area contributed by atoms with Gasteiger partial charge in [-0.05, 0) is 0 Å². The number of carbonyl (C=O) groups is 1. The van der Waals surface area contributed by atoms with Gasteiger partial charge in [0.1, 0.15) is 18.3 Å². The number of rotatable bonds is 2. The van der Waals surface area contributed by atoms with Gasteiger partial charge in [0.15, 0.2) is 6.23 Å². The van der Waals surface area contributed by atoms with Crippen molar-refractivity contribution >= 4 is 6.03 Å². The fourth-order valence-electron chi connectivity index (χ4n) is 1.16. The maximum absolute atomic E-state index is 10.4. The smallest absolute Gasteiger partial charge is 0.314 e. The standard InChI is InChI=1S/C6H12N2O5/c7-6(12)8-5-4(11)3(10)2(1-9)13-5/h2-5,9-11H,1H2,(H3,7,8,12)/t2-,3-,4+,5?/m1/s1. The largest absolute Gasteiger partial charge is 0.394 e. The van der Waals surface area contributed by atoms with Crippen molar-refractivity contribution in [3.63, 3.8) is 0 Å². The summed E-state index contributed by atoms with van der Waals surface area (Å²) in [5.41, 5.74) is 4.78. The molecule has 4 atom stereocenters. The number of nitrogens with one attached hydrogen (secondary N) is 1. The van der Waals surface area contributed by atoms with Gasteiger partial charge in [-0.2, -0.15) is 0 Å². The Morgan fingerprint density at radius 3 is 2.46 bits per heavy atom. The van der Waals surface area contributed by atoms with E-state index in [0.29, 0.717) is 0 Å². The van der Waals surface area contributed by atoms with E-state index < -0.39 is 37.2 Å². The van der Waals surface area contributed by atoms with Gasteiger partial charge in [0.2, 0.25) is 0 Å². The summed E-state index contributed by atoms with van der Waals surface area (Å²) in [5.74, 6) is 0. The normalized spacial score (nSPS) is 39.0. The molecule has 0 aliphatic carbocycles. The number of hydrogen-bond acceptors (Lipinski definition) is 5. The molecule has 1 unspecified atom stereocenters. The number of primary amides is 1. The minimum absolute atomic E-state index is 0.435. The van der Waals surface area contributed by atoms with Crippen LogP contribution in [0, 0.1) is 0 Å². The van der Waals surface area contributed by atoms with Crippen LogP contribution in [0.5, 0.6) is 0 Å². The highest BCUT2D eigenvalue weighted by atomic mass is 16.6. The molecule has 0 radical (unpaired) electrons. The molecule has 7 nitrogen and oxygen atoms in total. The zero-order valence-electron chi connectivity index (χ0n) is 6.75. The highest BCUT2D eigenvalue weighted by Gasteiger charge is 2.42. The van der Waals surface area contributed by atoms with E-state index in [4.69, 9.17) is 15.6 Å². The number of aliphatic hydroxyl groups excluding tert-OH is 3. The number of carbonyl (C=O) groups excluding carboxylic acids is 1. The van der Waals surface area contributed by atoms with Crippen molar-refractivity contribution in [3.05, 3.63) is 0 Å². The maximum atomic E-state index is 10.4. The fraction of sp³-hybridized carbons (Fsp3) is 0.833. The number of ether oxygens (including phenoxy) is 1. The molecular formula is C6H12N2O5. The Labute approximate surface area is 74.1 Å². The molecule has 1 heterocycles. The zero-order chi connectivity index (χ0) is 10.0. The molecule has 76 valence electrons. The van der Waals surface area contributed by atoms with Gasteiger partial charge in [0.05, 0.1) is 6.61 Å². The number of hydrogen-bond donors (Lipinski definition) is 5. The van der Waals surface area contributed by atoms with Crippen LogP contribution in [0.15, 0.2) is 0 Å². The lowest BCUT2D eigenvalue weighted by Gasteiger charge is -2.14. The van der Waals surface area contributed by atoms with E-state index in [1.165, 1.54) is 0 Å². The molecule has 13 heavy (non-hydrogen) atoms. The van der Waals surface area contributed by atoms with Crippen LogP contribution in [0.25, 0.3) is 0 Å². The quantitative estimate of drug-likeness (QED) is 0.321. The predicted octanol–water partition coefficient (Wildman–Crippen LogP) is -2.91. The second-order valence-electron chi connectivity index (χ2n) is 2.77. The van der Waals surface area contributed by atoms with Gasteiger partial charge in [-0.1, -0.05) is 0 Å². The molecule has 0 aromatic heterocycles. The van der Waals surface area contributed by atoms with Crippen molar-refractivity contribution in [3.8, 4) is 0 Å². The van der Waals surface area contributed by atoms with Crippen LogP contribution in [0.3, 0.4) is 0 Å². The Morgan fingerprint density at radius 1 is 1.46 bits per heavy atom. The second-order valence-corrected chi connectivity index (χ2v) is 2.77. The molecule has 7 heteroatoms. The number of aliphatic hydroxyl groups is 3. The van der Waals surface area contributed by atoms with Crippen LogP contribution in [-0.2, 0) is 4.74 Å². The molecule has 6 N–H and O–H groups in total. The molecule has 0 aromatic carbocycles. The monoisotopic (exact) mass is 192 g/mol. The summed E-state index contributed by atoms with van der Waals surface area (Å²) in [7, 11) is 0. The summed E-state index contributed by atoms with van der Waals surface area (Å²) in [6.07, 6.45) is -4.46. The summed E-state index contributed by atoms with van der Waals surface area (Å²) in [6.45, 7) is -0.435. The lowest BCUT2D eigenvalue weighted by molar-refractivity contribution is -0.0281. The molecule has 1 fully saturated rings. The molecule has 1 aliphatic rings. The first-order valence-corrected chi connectivity index (χ1v) is 3.74. The highest BCUT2D eigenvalue weighted by molar-refractivity contribution is 5.71. The van der Waals surface area contributed by atoms with E-state index in [-0.39, 0.29) is 0 Å². The fourth-order valence-corrected chi connectivity index (χ4v) is 1.16. The van der Waals surface area contributed by atoms with Crippen LogP contribution >= 0.6 is 0 Å². The average molecular weight is 192 g/mol. The van der Waals surface area contributed by atoms with E-state index >= 15 is 0 Å². The summed E-state index contributed by atoms with van der Waals surface area (Å²) >= 11 is 0. The lowest BCUT2D eigenvalue weighted by atomic mass is 10.1. The molecular weight excluding hydrogens is 180 g/mol. The number of amides is 2. The molecule has 1 saturated heterocycles. The Balaban J connectivity index is 2.55. The third-order valence-electron chi connectivity index (χ3n) is 1.83. The minimum atomic E-state index is -1.27. The zero-order valence-corrected chi connectivity index (χ0v) is 6.75. The van der Waals surface area contributed by atoms with Gasteiger partial charge in [-0.3, -0.25) is 0 Å². The Bertz CT molecular complexity index is 199. The van der Waals surface area contributed by atoms with Gasteiger partial charge >= 0.3 is 6.03 Å². The van der Waals surface area contributed by atoms with E-state index in [9.17, 15) is 15.0 Å². The maximum Gasteiger partial charge on any atom is 0.314 e. The van der Waals surface area contributed by atoms with Gasteiger partial charge in [-0.15, -0.1) is 0 Å². The van der Waals surface area contributed by atoms with Crippen molar-refractivity contribution in [1.82, 2.24) is 5.32 Å². The Morgan fingerprint density at radius 2 is 2.08 bits per heavy atom. The summed E-state index contributed by atoms with van der Waals surface area (Å²) in [4.78, 5) is 10.4. The van der Waals surface area contributed by atoms with Crippen molar-refractivity contribution in [2.24, 2.45) is 5.73 Å². The molecule has 1 aliphatic heterocycles. The van der Waals surface area contributed by atoms with Gasteiger partial charge in [0, 0.05) is 0 Å². The molecule has 2 amide bonds. The predicted molar refractivity (Wildman–Crippen MR) is 40.5 cm³/mol. The van der Waals surface area contributed by atoms with Crippen molar-refractivity contribution in [2.75, 3.05) is 6.61 Å². The summed E-state index contributed by atoms with van der Waals surface area (Å²) in [6, 6.07) is -0.866. The van der Waals surface area contributed by atoms with Crippen LogP contribution in [0.4, 0.5) is 4.79 Å². The molecule has 1 rings (SSSR count). The summed E-state index contributed by atoms with van der Waals surface area (Å²) in [5, 5.41) is 29.2. The second kappa shape index (κ2) is 3.88. The van der Waals surface area contributed by atoms with Crippen LogP contribution in [-0.4, -0.2) is 52.5 Å². The third kappa shape index (κ3) is 2.07. The topological polar surface area (TPSA) is 125 Å². The lowest BCUT2D eigenvalue weighted by Crippen LogP contribution is -2.45. The molecule has 0 saturated carbocycles. The van der Waals surface area contributed by atoms with Gasteiger partial charge in [-0.25, -0.2) is 4.79 Å². The first-order chi connectivity index (χ1) is 6.06. The van der Waals surface area contributed by atoms with Crippen molar-refractivity contribution in [1.29, 1.82) is 0 Å². The molecule has 0 bridgehead atoms. The van der Waals surface area contributed by atoms with Gasteiger partial charge in [0.25, 0.3) is 0 Å². The highest BCUT2D eigenvalue weighted by Crippen LogP contribution is 2.18. The molecule has 0 spiro atoms. The Hall–Kier alpha value is -0.890. The van der Waals surface area contributed by atoms with Crippen LogP contribution in [0.2, 0.25) is 0 Å². The Kier molecular flexibility index (Phi) is 3.04. The number of nitrogens with two attached hydrogens (primary N) is 1. The minimum Gasteiger partial charge on any atom is -0.394 e. The van der Waals surface area contributed by atoms with Crippen molar-refractivity contribution < 1.29 is 24.9 Å². The van der Waals surface area contributed by atoms with Crippen LogP contribution in [0.1, 0.15) is 0 Å². The van der Waals surface area contributed by atoms with E-state index in [0.717, 1.165) is 0 Å². The van der Waals surface area contributed by atoms with E-state index in [2.05, 4.69) is 5.32 Å².